The number of carbonyl (C=O) groups excluding carboxylic acids is 3. The Morgan fingerprint density at radius 1 is 1.05 bits per heavy atom. The smallest absolute Gasteiger partial charge is 0.243 e. The van der Waals surface area contributed by atoms with Crippen LogP contribution in [0, 0.1) is 11.8 Å². The summed E-state index contributed by atoms with van der Waals surface area (Å²) in [5.41, 5.74) is 5.30. The van der Waals surface area contributed by atoms with Gasteiger partial charge in [0.15, 0.2) is 0 Å². The highest BCUT2D eigenvalue weighted by atomic mass is 16.2. The summed E-state index contributed by atoms with van der Waals surface area (Å²) in [5.74, 6) is -1.35. The van der Waals surface area contributed by atoms with Crippen LogP contribution in [-0.4, -0.2) is 29.8 Å². The minimum atomic E-state index is -0.715. The molecule has 0 saturated carbocycles. The highest BCUT2D eigenvalue weighted by Crippen LogP contribution is 2.09. The van der Waals surface area contributed by atoms with Crippen molar-refractivity contribution >= 4 is 17.7 Å². The van der Waals surface area contributed by atoms with E-state index < -0.39 is 18.0 Å². The molecule has 110 valence electrons. The van der Waals surface area contributed by atoms with E-state index >= 15 is 0 Å². The van der Waals surface area contributed by atoms with Crippen molar-refractivity contribution in [1.82, 2.24) is 10.6 Å². The number of nitrogens with one attached hydrogen (secondary N) is 2. The fourth-order valence-corrected chi connectivity index (χ4v) is 1.73. The van der Waals surface area contributed by atoms with E-state index in [0.29, 0.717) is 0 Å². The molecule has 0 saturated heterocycles. The largest absolute Gasteiger partial charge is 0.368 e. The van der Waals surface area contributed by atoms with Gasteiger partial charge in [-0.3, -0.25) is 14.4 Å². The molecule has 0 heterocycles. The van der Waals surface area contributed by atoms with Crippen molar-refractivity contribution in [1.29, 1.82) is 0 Å². The van der Waals surface area contributed by atoms with Gasteiger partial charge < -0.3 is 16.4 Å². The fourth-order valence-electron chi connectivity index (χ4n) is 1.73. The molecule has 6 nitrogen and oxygen atoms in total. The predicted octanol–water partition coefficient (Wildman–Crippen LogP) is 0.163. The molecule has 6 heteroatoms. The lowest BCUT2D eigenvalue weighted by Crippen LogP contribution is -2.56. The van der Waals surface area contributed by atoms with Crippen molar-refractivity contribution < 1.29 is 14.4 Å². The van der Waals surface area contributed by atoms with Gasteiger partial charge in [0.1, 0.15) is 12.1 Å². The summed E-state index contributed by atoms with van der Waals surface area (Å²) in [5, 5.41) is 5.20. The van der Waals surface area contributed by atoms with E-state index in [1.165, 1.54) is 6.92 Å². The van der Waals surface area contributed by atoms with E-state index in [2.05, 4.69) is 10.6 Å². The summed E-state index contributed by atoms with van der Waals surface area (Å²) in [6.45, 7) is 8.76. The SMILES string of the molecule is CC[C@H](C)[C@H](NC(=O)[C@H](NC(C)=O)C(C)C)C(N)=O. The summed E-state index contributed by atoms with van der Waals surface area (Å²) in [4.78, 5) is 34.6. The lowest BCUT2D eigenvalue weighted by molar-refractivity contribution is -0.132. The Hall–Kier alpha value is -1.59. The van der Waals surface area contributed by atoms with Gasteiger partial charge in [-0.25, -0.2) is 0 Å². The molecule has 0 aromatic heterocycles. The Balaban J connectivity index is 4.85. The van der Waals surface area contributed by atoms with Gasteiger partial charge in [-0.05, 0) is 11.8 Å². The second kappa shape index (κ2) is 7.76. The van der Waals surface area contributed by atoms with Gasteiger partial charge in [0, 0.05) is 6.92 Å². The lowest BCUT2D eigenvalue weighted by Gasteiger charge is -2.26. The van der Waals surface area contributed by atoms with E-state index in [9.17, 15) is 14.4 Å². The maximum absolute atomic E-state index is 12.1. The summed E-state index contributed by atoms with van der Waals surface area (Å²) in [6, 6.07) is -1.38. The van der Waals surface area contributed by atoms with Crippen molar-refractivity contribution in [3.63, 3.8) is 0 Å². The van der Waals surface area contributed by atoms with Crippen LogP contribution in [0.5, 0.6) is 0 Å². The Kier molecular flexibility index (Phi) is 7.11. The average Bonchev–Trinajstić information content (AvgIpc) is 2.30. The number of carbonyl (C=O) groups is 3. The first-order valence-corrected chi connectivity index (χ1v) is 6.57. The van der Waals surface area contributed by atoms with E-state index in [1.54, 1.807) is 0 Å². The number of amides is 3. The van der Waals surface area contributed by atoms with Gasteiger partial charge in [-0.2, -0.15) is 0 Å². The first kappa shape index (κ1) is 17.4. The molecule has 3 atom stereocenters. The molecule has 0 bridgehead atoms. The van der Waals surface area contributed by atoms with Crippen LogP contribution in [-0.2, 0) is 14.4 Å². The molecule has 0 aliphatic heterocycles. The maximum atomic E-state index is 12.1. The molecule has 0 aliphatic rings. The molecule has 0 spiro atoms. The van der Waals surface area contributed by atoms with Crippen LogP contribution < -0.4 is 16.4 Å². The third-order valence-electron chi connectivity index (χ3n) is 3.13. The topological polar surface area (TPSA) is 101 Å². The van der Waals surface area contributed by atoms with E-state index in [4.69, 9.17) is 5.73 Å². The molecular formula is C13H25N3O3. The predicted molar refractivity (Wildman–Crippen MR) is 73.0 cm³/mol. The molecule has 0 rings (SSSR count). The molecule has 0 radical (unpaired) electrons. The standard InChI is InChI=1S/C13H25N3O3/c1-6-8(4)11(12(14)18)16-13(19)10(7(2)3)15-9(5)17/h7-8,10-11H,6H2,1-5H3,(H2,14,18)(H,15,17)(H,16,19)/t8-,10+,11-/m0/s1. The van der Waals surface area contributed by atoms with Crippen LogP contribution in [0.1, 0.15) is 41.0 Å². The molecule has 0 aromatic carbocycles. The Morgan fingerprint density at radius 2 is 1.58 bits per heavy atom. The van der Waals surface area contributed by atoms with E-state index in [1.807, 2.05) is 27.7 Å². The quantitative estimate of drug-likeness (QED) is 0.615. The highest BCUT2D eigenvalue weighted by molar-refractivity contribution is 5.91. The third kappa shape index (κ3) is 5.72. The van der Waals surface area contributed by atoms with E-state index in [0.717, 1.165) is 6.42 Å². The normalized spacial score (nSPS) is 15.5. The Labute approximate surface area is 114 Å². The number of nitrogens with two attached hydrogens (primary N) is 1. The van der Waals surface area contributed by atoms with Crippen LogP contribution in [0.4, 0.5) is 0 Å². The van der Waals surface area contributed by atoms with Crippen LogP contribution in [0.3, 0.4) is 0 Å². The van der Waals surface area contributed by atoms with Crippen molar-refractivity contribution in [2.75, 3.05) is 0 Å². The van der Waals surface area contributed by atoms with Gasteiger partial charge in [-0.15, -0.1) is 0 Å². The molecule has 3 amide bonds. The Morgan fingerprint density at radius 3 is 1.89 bits per heavy atom. The summed E-state index contributed by atoms with van der Waals surface area (Å²) in [7, 11) is 0. The molecule has 0 unspecified atom stereocenters. The third-order valence-corrected chi connectivity index (χ3v) is 3.13. The van der Waals surface area contributed by atoms with Crippen molar-refractivity contribution in [3.8, 4) is 0 Å². The van der Waals surface area contributed by atoms with Crippen molar-refractivity contribution in [2.24, 2.45) is 17.6 Å². The van der Waals surface area contributed by atoms with Crippen LogP contribution in [0.15, 0.2) is 0 Å². The minimum Gasteiger partial charge on any atom is -0.368 e. The van der Waals surface area contributed by atoms with Gasteiger partial charge in [0.25, 0.3) is 0 Å². The van der Waals surface area contributed by atoms with Gasteiger partial charge in [0.2, 0.25) is 17.7 Å². The molecule has 0 aliphatic carbocycles. The zero-order valence-corrected chi connectivity index (χ0v) is 12.3. The fraction of sp³-hybridized carbons (Fsp3) is 0.769. The number of hydrogen-bond donors (Lipinski definition) is 3. The average molecular weight is 271 g/mol. The van der Waals surface area contributed by atoms with Crippen LogP contribution >= 0.6 is 0 Å². The highest BCUT2D eigenvalue weighted by Gasteiger charge is 2.29. The monoisotopic (exact) mass is 271 g/mol. The van der Waals surface area contributed by atoms with Gasteiger partial charge >= 0.3 is 0 Å². The number of hydrogen-bond acceptors (Lipinski definition) is 3. The Bertz CT molecular complexity index is 342. The molecule has 19 heavy (non-hydrogen) atoms. The number of rotatable bonds is 7. The zero-order chi connectivity index (χ0) is 15.2. The first-order chi connectivity index (χ1) is 8.70. The first-order valence-electron chi connectivity index (χ1n) is 6.57. The van der Waals surface area contributed by atoms with Crippen LogP contribution in [0.2, 0.25) is 0 Å². The molecular weight excluding hydrogens is 246 g/mol. The van der Waals surface area contributed by atoms with Crippen LogP contribution in [0.25, 0.3) is 0 Å². The summed E-state index contributed by atoms with van der Waals surface area (Å²) >= 11 is 0. The zero-order valence-electron chi connectivity index (χ0n) is 12.3. The summed E-state index contributed by atoms with van der Waals surface area (Å²) in [6.07, 6.45) is 0.723. The molecule has 0 aromatic rings. The summed E-state index contributed by atoms with van der Waals surface area (Å²) < 4.78 is 0. The van der Waals surface area contributed by atoms with Crippen molar-refractivity contribution in [2.45, 2.75) is 53.1 Å². The minimum absolute atomic E-state index is 0.0495. The lowest BCUT2D eigenvalue weighted by atomic mass is 9.97. The second-order valence-electron chi connectivity index (χ2n) is 5.20. The molecule has 4 N–H and O–H groups in total. The maximum Gasteiger partial charge on any atom is 0.243 e. The number of primary amides is 1. The van der Waals surface area contributed by atoms with Gasteiger partial charge in [0.05, 0.1) is 0 Å². The molecule has 0 fully saturated rings. The van der Waals surface area contributed by atoms with Crippen molar-refractivity contribution in [3.05, 3.63) is 0 Å². The second-order valence-corrected chi connectivity index (χ2v) is 5.20. The van der Waals surface area contributed by atoms with Gasteiger partial charge in [-0.1, -0.05) is 34.1 Å². The van der Waals surface area contributed by atoms with E-state index in [-0.39, 0.29) is 23.7 Å².